The van der Waals surface area contributed by atoms with Crippen molar-refractivity contribution in [2.24, 2.45) is 9.98 Å². The molecule has 0 aliphatic heterocycles. The average molecular weight is 922 g/mol. The van der Waals surface area contributed by atoms with Gasteiger partial charge in [0, 0.05) is 58.9 Å². The van der Waals surface area contributed by atoms with Gasteiger partial charge in [0.2, 0.25) is 0 Å². The monoisotopic (exact) mass is 920 g/mol. The molecule has 0 aliphatic rings. The van der Waals surface area contributed by atoms with Gasteiger partial charge in [-0.3, -0.25) is 9.98 Å². The molecule has 0 saturated heterocycles. The molecule has 6 nitrogen and oxygen atoms in total. The van der Waals surface area contributed by atoms with Crippen molar-refractivity contribution in [3.63, 3.8) is 0 Å². The van der Waals surface area contributed by atoms with Crippen LogP contribution in [0, 0.1) is 0 Å². The van der Waals surface area contributed by atoms with E-state index in [9.17, 15) is 10.2 Å². The van der Waals surface area contributed by atoms with E-state index in [4.69, 9.17) is 0 Å². The predicted octanol–water partition coefficient (Wildman–Crippen LogP) is 14.3. The molecule has 0 heterocycles. The summed E-state index contributed by atoms with van der Waals surface area (Å²) in [4.78, 5) is 13.4. The number of hydrogen-bond acceptors (Lipinski definition) is 6. The van der Waals surface area contributed by atoms with E-state index < -0.39 is 0 Å². The molecule has 0 unspecified atom stereocenters. The molecular formula is C60H54N4NiO2+2. The van der Waals surface area contributed by atoms with Gasteiger partial charge in [-0.05, 0) is 120 Å². The molecule has 0 bridgehead atoms. The van der Waals surface area contributed by atoms with Crippen molar-refractivity contribution in [1.29, 1.82) is 0 Å². The molecule has 0 atom stereocenters. The van der Waals surface area contributed by atoms with Crippen LogP contribution in [0.5, 0.6) is 11.5 Å². The topological polar surface area (TPSA) is 71.7 Å². The van der Waals surface area contributed by atoms with Gasteiger partial charge in [0.05, 0.1) is 11.4 Å². The zero-order chi connectivity index (χ0) is 45.8. The van der Waals surface area contributed by atoms with Crippen LogP contribution in [-0.2, 0) is 16.5 Å². The van der Waals surface area contributed by atoms with E-state index >= 15 is 0 Å². The molecule has 0 saturated carbocycles. The summed E-state index contributed by atoms with van der Waals surface area (Å²) < 4.78 is 0. The van der Waals surface area contributed by atoms with Crippen molar-refractivity contribution in [3.05, 3.63) is 217 Å². The Morgan fingerprint density at radius 2 is 0.672 bits per heavy atom. The third-order valence-corrected chi connectivity index (χ3v) is 11.4. The number of aromatic hydroxyl groups is 2. The number of hydrogen-bond donors (Lipinski definition) is 2. The van der Waals surface area contributed by atoms with E-state index in [0.717, 1.165) is 89.8 Å². The quantitative estimate of drug-likeness (QED) is 0.0859. The predicted molar refractivity (Wildman–Crippen MR) is 282 cm³/mol. The molecule has 334 valence electrons. The first-order valence-corrected chi connectivity index (χ1v) is 22.2. The Bertz CT molecular complexity index is 2970. The van der Waals surface area contributed by atoms with Gasteiger partial charge in [0.15, 0.2) is 0 Å². The minimum atomic E-state index is 0. The number of benzene rings is 10. The van der Waals surface area contributed by atoms with Gasteiger partial charge in [-0.25, -0.2) is 0 Å². The van der Waals surface area contributed by atoms with Crippen LogP contribution in [0.25, 0.3) is 65.3 Å². The zero-order valence-corrected chi connectivity index (χ0v) is 39.2. The van der Waals surface area contributed by atoms with E-state index in [0.29, 0.717) is 11.1 Å². The Hall–Kier alpha value is -7.41. The standard InChI is InChI=1S/2C27H19NO.C6H16N2.Ni/c2*29-27-21(18-28-22-12-2-1-3-13-22)11-8-16-25(27)26-23-14-6-4-9-19(23)17-20-10-5-7-15-24(20)26;1-7(2)5-6-8(3)4;/h2*1-18,29H;5-6H2,1-4H3;/q;;;+2. The third-order valence-electron chi connectivity index (χ3n) is 11.4. The SMILES string of the molecule is CN(C)CCN(C)C.Oc1c(C=Nc2ccccc2)cccc1-c1c2ccccc2cc2ccccc12.Oc1c(C=Nc2ccccc2)cccc1-c1c2ccccc2cc2ccccc12.[Ni+2]. The Morgan fingerprint density at radius 3 is 0.985 bits per heavy atom. The fraction of sp³-hybridized carbons (Fsp3) is 0.100. The van der Waals surface area contributed by atoms with Crippen molar-refractivity contribution in [1.82, 2.24) is 9.80 Å². The Morgan fingerprint density at radius 1 is 0.373 bits per heavy atom. The van der Waals surface area contributed by atoms with Crippen LogP contribution < -0.4 is 0 Å². The fourth-order valence-corrected chi connectivity index (χ4v) is 8.06. The van der Waals surface area contributed by atoms with Crippen molar-refractivity contribution in [2.75, 3.05) is 41.3 Å². The summed E-state index contributed by atoms with van der Waals surface area (Å²) in [7, 11) is 8.35. The van der Waals surface area contributed by atoms with E-state index in [-0.39, 0.29) is 28.0 Å². The van der Waals surface area contributed by atoms with Gasteiger partial charge in [-0.2, -0.15) is 0 Å². The molecule has 10 rings (SSSR count). The van der Waals surface area contributed by atoms with Crippen LogP contribution in [0.1, 0.15) is 11.1 Å². The van der Waals surface area contributed by atoms with Crippen LogP contribution in [-0.4, -0.2) is 73.7 Å². The normalized spacial score (nSPS) is 11.3. The molecular weight excluding hydrogens is 867 g/mol. The maximum atomic E-state index is 11.1. The van der Waals surface area contributed by atoms with Gasteiger partial charge in [-0.15, -0.1) is 0 Å². The summed E-state index contributed by atoms with van der Waals surface area (Å²) >= 11 is 0. The van der Waals surface area contributed by atoms with Crippen molar-refractivity contribution in [3.8, 4) is 33.8 Å². The summed E-state index contributed by atoms with van der Waals surface area (Å²) in [5.41, 5.74) is 6.83. The Labute approximate surface area is 403 Å². The van der Waals surface area contributed by atoms with E-state index in [1.807, 2.05) is 146 Å². The summed E-state index contributed by atoms with van der Waals surface area (Å²) in [5, 5.41) is 31.4. The van der Waals surface area contributed by atoms with Crippen LogP contribution in [0.3, 0.4) is 0 Å². The largest absolute Gasteiger partial charge is 2.00 e. The van der Waals surface area contributed by atoms with Crippen LogP contribution in [0.2, 0.25) is 0 Å². The first kappa shape index (κ1) is 47.6. The molecule has 10 aromatic rings. The fourth-order valence-electron chi connectivity index (χ4n) is 8.06. The maximum absolute atomic E-state index is 11.1. The maximum Gasteiger partial charge on any atom is 2.00 e. The van der Waals surface area contributed by atoms with E-state index in [1.54, 1.807) is 12.4 Å². The van der Waals surface area contributed by atoms with Gasteiger partial charge in [0.1, 0.15) is 11.5 Å². The molecule has 0 radical (unpaired) electrons. The molecule has 7 heteroatoms. The summed E-state index contributed by atoms with van der Waals surface area (Å²) in [6.45, 7) is 2.29. The summed E-state index contributed by atoms with van der Waals surface area (Å²) in [6.07, 6.45) is 3.45. The van der Waals surface area contributed by atoms with E-state index in [1.165, 1.54) is 0 Å². The average Bonchev–Trinajstić information content (AvgIpc) is 3.35. The number of phenols is 2. The molecule has 0 aliphatic carbocycles. The van der Waals surface area contributed by atoms with Gasteiger partial charge >= 0.3 is 16.5 Å². The molecule has 2 N–H and O–H groups in total. The van der Waals surface area contributed by atoms with Crippen LogP contribution in [0.15, 0.2) is 216 Å². The van der Waals surface area contributed by atoms with Gasteiger partial charge in [-0.1, -0.05) is 158 Å². The second kappa shape index (κ2) is 22.7. The van der Waals surface area contributed by atoms with Crippen LogP contribution >= 0.6 is 0 Å². The second-order valence-electron chi connectivity index (χ2n) is 16.7. The number of fused-ring (bicyclic) bond motifs is 4. The summed E-state index contributed by atoms with van der Waals surface area (Å²) in [6, 6.07) is 68.8. The third kappa shape index (κ3) is 11.5. The van der Waals surface area contributed by atoms with E-state index in [2.05, 4.69) is 109 Å². The number of nitrogens with zero attached hydrogens (tertiary/aromatic N) is 4. The minimum absolute atomic E-state index is 0. The Balaban J connectivity index is 0.000000169. The number of para-hydroxylation sites is 4. The number of aliphatic imine (C=N–C) groups is 2. The zero-order valence-electron chi connectivity index (χ0n) is 38.2. The smallest absolute Gasteiger partial charge is 0.507 e. The second-order valence-corrected chi connectivity index (χ2v) is 16.7. The van der Waals surface area contributed by atoms with Crippen molar-refractivity contribution >= 4 is 66.9 Å². The number of phenolic OH excluding ortho intramolecular Hbond substituents is 2. The van der Waals surface area contributed by atoms with Crippen molar-refractivity contribution in [2.45, 2.75) is 0 Å². The molecule has 0 spiro atoms. The minimum Gasteiger partial charge on any atom is -0.507 e. The molecule has 10 aromatic carbocycles. The number of likely N-dealkylation sites (N-methyl/N-ethyl adjacent to an activating group) is 2. The Kier molecular flexibility index (Phi) is 16.1. The first-order valence-electron chi connectivity index (χ1n) is 22.2. The first-order chi connectivity index (χ1) is 32.2. The van der Waals surface area contributed by atoms with Gasteiger partial charge < -0.3 is 20.0 Å². The molecule has 0 aromatic heterocycles. The number of rotatable bonds is 9. The van der Waals surface area contributed by atoms with Crippen molar-refractivity contribution < 1.29 is 26.7 Å². The summed E-state index contributed by atoms with van der Waals surface area (Å²) in [5.74, 6) is 0.488. The molecule has 0 fully saturated rings. The van der Waals surface area contributed by atoms with Crippen LogP contribution in [0.4, 0.5) is 11.4 Å². The molecule has 67 heavy (non-hydrogen) atoms. The molecule has 0 amide bonds. The van der Waals surface area contributed by atoms with Gasteiger partial charge in [0.25, 0.3) is 0 Å².